The van der Waals surface area contributed by atoms with Gasteiger partial charge < -0.3 is 19.9 Å². The number of aromatic hydroxyl groups is 1. The van der Waals surface area contributed by atoms with Crippen molar-refractivity contribution in [3.63, 3.8) is 0 Å². The van der Waals surface area contributed by atoms with Crippen molar-refractivity contribution in [1.29, 1.82) is 0 Å². The van der Waals surface area contributed by atoms with Crippen molar-refractivity contribution in [3.8, 4) is 17.2 Å². The molecule has 0 radical (unpaired) electrons. The molecular weight excluding hydrogens is 266 g/mol. The molecule has 1 atom stereocenters. The van der Waals surface area contributed by atoms with Gasteiger partial charge in [-0.05, 0) is 36.8 Å². The minimum atomic E-state index is -0.613. The molecule has 110 valence electrons. The third kappa shape index (κ3) is 2.89. The Morgan fingerprint density at radius 1 is 1.05 bits per heavy atom. The highest BCUT2D eigenvalue weighted by Gasteiger charge is 2.31. The second-order valence-electron chi connectivity index (χ2n) is 5.73. The van der Waals surface area contributed by atoms with Gasteiger partial charge in [-0.25, -0.2) is 0 Å². The van der Waals surface area contributed by atoms with E-state index < -0.39 is 5.79 Å². The molecule has 21 heavy (non-hydrogen) atoms. The summed E-state index contributed by atoms with van der Waals surface area (Å²) in [4.78, 5) is 0. The number of fused-ring (bicyclic) bond motifs is 1. The maximum absolute atomic E-state index is 9.55. The molecule has 0 fully saturated rings. The van der Waals surface area contributed by atoms with Crippen LogP contribution in [0.1, 0.15) is 32.4 Å². The highest BCUT2D eigenvalue weighted by atomic mass is 16.7. The summed E-state index contributed by atoms with van der Waals surface area (Å²) in [6.07, 6.45) is 0. The number of ether oxygens (including phenoxy) is 2. The van der Waals surface area contributed by atoms with Gasteiger partial charge in [-0.2, -0.15) is 0 Å². The van der Waals surface area contributed by atoms with Crippen molar-refractivity contribution in [3.05, 3.63) is 48.0 Å². The topological polar surface area (TPSA) is 50.7 Å². The molecule has 3 rings (SSSR count). The lowest BCUT2D eigenvalue weighted by molar-refractivity contribution is -0.0431. The standard InChI is InChI=1S/C17H19NO3/c1-11(12-5-4-6-14(19)9-12)18-13-7-8-15-16(10-13)21-17(2,3)20-15/h4-11,18-19H,1-3H3. The molecule has 0 saturated heterocycles. The maximum Gasteiger partial charge on any atom is 0.246 e. The Bertz CT molecular complexity index is 667. The smallest absolute Gasteiger partial charge is 0.246 e. The first kappa shape index (κ1) is 13.6. The molecule has 0 spiro atoms. The second kappa shape index (κ2) is 4.88. The van der Waals surface area contributed by atoms with Crippen LogP contribution in [0.3, 0.4) is 0 Å². The first-order valence-corrected chi connectivity index (χ1v) is 7.00. The number of nitrogens with one attached hydrogen (secondary N) is 1. The van der Waals surface area contributed by atoms with Gasteiger partial charge in [0.15, 0.2) is 11.5 Å². The second-order valence-corrected chi connectivity index (χ2v) is 5.73. The predicted molar refractivity (Wildman–Crippen MR) is 81.9 cm³/mol. The summed E-state index contributed by atoms with van der Waals surface area (Å²) in [7, 11) is 0. The monoisotopic (exact) mass is 285 g/mol. The van der Waals surface area contributed by atoms with Crippen LogP contribution in [0.4, 0.5) is 5.69 Å². The molecule has 0 aromatic heterocycles. The van der Waals surface area contributed by atoms with Gasteiger partial charge in [0.2, 0.25) is 5.79 Å². The molecule has 1 aliphatic rings. The van der Waals surface area contributed by atoms with Gasteiger partial charge >= 0.3 is 0 Å². The minimum Gasteiger partial charge on any atom is -0.508 e. The molecular formula is C17H19NO3. The van der Waals surface area contributed by atoms with Crippen LogP contribution < -0.4 is 14.8 Å². The van der Waals surface area contributed by atoms with Crippen LogP contribution >= 0.6 is 0 Å². The Hall–Kier alpha value is -2.36. The fraction of sp³-hybridized carbons (Fsp3) is 0.294. The van der Waals surface area contributed by atoms with Crippen molar-refractivity contribution in [1.82, 2.24) is 0 Å². The van der Waals surface area contributed by atoms with Crippen LogP contribution in [-0.4, -0.2) is 10.9 Å². The summed E-state index contributed by atoms with van der Waals surface area (Å²) < 4.78 is 11.4. The largest absolute Gasteiger partial charge is 0.508 e. The summed E-state index contributed by atoms with van der Waals surface area (Å²) in [5.74, 6) is 1.16. The molecule has 2 N–H and O–H groups in total. The molecule has 0 amide bonds. The molecule has 1 heterocycles. The molecule has 0 bridgehead atoms. The summed E-state index contributed by atoms with van der Waals surface area (Å²) >= 11 is 0. The fourth-order valence-electron chi connectivity index (χ4n) is 2.44. The van der Waals surface area contributed by atoms with E-state index in [9.17, 15) is 5.11 Å². The van der Waals surface area contributed by atoms with E-state index in [4.69, 9.17) is 9.47 Å². The Labute approximate surface area is 124 Å². The number of phenols is 1. The van der Waals surface area contributed by atoms with Crippen molar-refractivity contribution in [2.24, 2.45) is 0 Å². The van der Waals surface area contributed by atoms with Crippen LogP contribution in [0.25, 0.3) is 0 Å². The van der Waals surface area contributed by atoms with Crippen LogP contribution in [-0.2, 0) is 0 Å². The number of benzene rings is 2. The molecule has 2 aromatic carbocycles. The molecule has 1 unspecified atom stereocenters. The lowest BCUT2D eigenvalue weighted by atomic mass is 10.1. The quantitative estimate of drug-likeness (QED) is 0.892. The van der Waals surface area contributed by atoms with E-state index in [2.05, 4.69) is 5.32 Å². The lowest BCUT2D eigenvalue weighted by Crippen LogP contribution is -2.29. The first-order valence-electron chi connectivity index (χ1n) is 7.00. The van der Waals surface area contributed by atoms with Gasteiger partial charge in [0.1, 0.15) is 5.75 Å². The van der Waals surface area contributed by atoms with E-state index in [-0.39, 0.29) is 11.8 Å². The Balaban J connectivity index is 1.77. The first-order chi connectivity index (χ1) is 9.93. The zero-order chi connectivity index (χ0) is 15.0. The summed E-state index contributed by atoms with van der Waals surface area (Å²) in [6, 6.07) is 13.1. The van der Waals surface area contributed by atoms with E-state index in [1.54, 1.807) is 12.1 Å². The van der Waals surface area contributed by atoms with E-state index >= 15 is 0 Å². The number of hydrogen-bond acceptors (Lipinski definition) is 4. The highest BCUT2D eigenvalue weighted by molar-refractivity contribution is 5.57. The molecule has 4 heteroatoms. The summed E-state index contributed by atoms with van der Waals surface area (Å²) in [5, 5.41) is 12.9. The molecule has 0 saturated carbocycles. The highest BCUT2D eigenvalue weighted by Crippen LogP contribution is 2.41. The molecule has 0 aliphatic carbocycles. The van der Waals surface area contributed by atoms with Crippen LogP contribution in [0.5, 0.6) is 17.2 Å². The Morgan fingerprint density at radius 2 is 1.81 bits per heavy atom. The van der Waals surface area contributed by atoms with Crippen LogP contribution in [0.15, 0.2) is 42.5 Å². The van der Waals surface area contributed by atoms with Crippen LogP contribution in [0, 0.1) is 0 Å². The zero-order valence-electron chi connectivity index (χ0n) is 12.4. The number of phenolic OH excluding ortho intramolecular Hbond substituents is 1. The predicted octanol–water partition coefficient (Wildman–Crippen LogP) is 4.07. The van der Waals surface area contributed by atoms with Gasteiger partial charge in [0, 0.05) is 31.6 Å². The maximum atomic E-state index is 9.55. The Kier molecular flexibility index (Phi) is 3.16. The lowest BCUT2D eigenvalue weighted by Gasteiger charge is -2.16. The van der Waals surface area contributed by atoms with Crippen molar-refractivity contribution in [2.45, 2.75) is 32.6 Å². The van der Waals surface area contributed by atoms with E-state index in [0.29, 0.717) is 0 Å². The Morgan fingerprint density at radius 3 is 2.57 bits per heavy atom. The SMILES string of the molecule is CC(Nc1ccc2c(c1)OC(C)(C)O2)c1cccc(O)c1. The van der Waals surface area contributed by atoms with Gasteiger partial charge in [-0.3, -0.25) is 0 Å². The van der Waals surface area contributed by atoms with Crippen molar-refractivity contribution >= 4 is 5.69 Å². The van der Waals surface area contributed by atoms with Gasteiger partial charge in [0.05, 0.1) is 0 Å². The third-order valence-electron chi connectivity index (χ3n) is 3.41. The normalized spacial score (nSPS) is 16.5. The summed E-state index contributed by atoms with van der Waals surface area (Å²) in [6.45, 7) is 5.81. The fourth-order valence-corrected chi connectivity index (χ4v) is 2.44. The van der Waals surface area contributed by atoms with E-state index in [0.717, 1.165) is 22.7 Å². The number of anilines is 1. The zero-order valence-corrected chi connectivity index (χ0v) is 12.4. The van der Waals surface area contributed by atoms with Crippen molar-refractivity contribution < 1.29 is 14.6 Å². The average Bonchev–Trinajstić information content (AvgIpc) is 2.72. The van der Waals surface area contributed by atoms with Gasteiger partial charge in [-0.15, -0.1) is 0 Å². The third-order valence-corrected chi connectivity index (χ3v) is 3.41. The molecule has 2 aromatic rings. The van der Waals surface area contributed by atoms with Gasteiger partial charge in [-0.1, -0.05) is 12.1 Å². The number of rotatable bonds is 3. The van der Waals surface area contributed by atoms with Crippen LogP contribution in [0.2, 0.25) is 0 Å². The average molecular weight is 285 g/mol. The van der Waals surface area contributed by atoms with E-state index in [1.165, 1.54) is 0 Å². The minimum absolute atomic E-state index is 0.0745. The molecule has 1 aliphatic heterocycles. The summed E-state index contributed by atoms with van der Waals surface area (Å²) in [5.41, 5.74) is 1.97. The van der Waals surface area contributed by atoms with Gasteiger partial charge in [0.25, 0.3) is 0 Å². The van der Waals surface area contributed by atoms with E-state index in [1.807, 2.05) is 51.1 Å². The van der Waals surface area contributed by atoms with Crippen molar-refractivity contribution in [2.75, 3.05) is 5.32 Å². The number of hydrogen-bond donors (Lipinski definition) is 2. The molecule has 4 nitrogen and oxygen atoms in total.